The van der Waals surface area contributed by atoms with Crippen LogP contribution in [-0.2, 0) is 90.2 Å². The first-order valence-corrected chi connectivity index (χ1v) is 32.7. The second kappa shape index (κ2) is 79.2. The van der Waals surface area contributed by atoms with Crippen LogP contribution in [0.2, 0.25) is 0 Å². The van der Waals surface area contributed by atoms with Gasteiger partial charge in [0.1, 0.15) is 0 Å². The van der Waals surface area contributed by atoms with Crippen LogP contribution in [-0.4, -0.2) is 245 Å². The fraction of sp³-hybridized carbons (Fsp3) is 0.388. The normalized spacial score (nSPS) is 9.34. The van der Waals surface area contributed by atoms with E-state index in [0.717, 1.165) is 39.5 Å². The molecule has 2 atom stereocenters. The molecule has 15 N–H and O–H groups in total. The number of hydrogen-bond donors (Lipinski definition) is 12. The Morgan fingerprint density at radius 2 is 0.848 bits per heavy atom. The summed E-state index contributed by atoms with van der Waals surface area (Å²) in [5.74, 6) is -5.75. The van der Waals surface area contributed by atoms with Gasteiger partial charge in [0.15, 0.2) is 63.6 Å². The monoisotopic (exact) mass is 1610 g/mol. The van der Waals surface area contributed by atoms with Crippen molar-refractivity contribution in [1.82, 2.24) is 0 Å². The molecule has 0 spiro atoms. The van der Waals surface area contributed by atoms with Gasteiger partial charge in [-0.25, -0.2) is 14.4 Å². The van der Waals surface area contributed by atoms with Crippen molar-refractivity contribution in [2.45, 2.75) is 121 Å². The molecule has 0 amide bonds. The fourth-order valence-electron chi connectivity index (χ4n) is 6.39. The standard InChI is InChI=1S/C14H16O7.C13H18O4.C12H14O5.C10H12O5.C8H10O2.C4H6O3.C3H8O.C2H2O3.CH4O.B3.B2.B.Na.H2O4S.2H2O/c1-4-19-12-7-10(5-6-11(12)20-8(2)15)13(14(17)18)21-9(3)16;1-3-7-17-13(15)9-10-5-6-11(14)12(8-10)16-4-2;1-3-16-11-6-9(7-12(14)15)4-5-10(11)17-8(2)13;1-2-15-8-5-6(3-4-7(8)11)9(12)10(13)14;1-2-10-8-6-4-3-5-7(8)9;1-3(5)7-4(2)6;1-2-3-4;3-1-2(4)5;1-2;1-3-2;1-2;;;1-5(2,3)4;;/h5-7,13H,4H2,1-3H3,(H,17,18);5-6,8,14H,3-4,7,9H2,1-2H3;4-6H,3,7H2,1-2H3,(H,14,15);3-5,9,11-12H,2H2,1H3,(H,13,14);3-6,9H,2H2,1H3;1-2H3;4H,2-3H2,1H3;1H,(H,4,5);2H,1H3;;;;;(H2,1,2,3,4);2*1H2/q;;;;;;;;;;;;+1;;;/p-1. The van der Waals surface area contributed by atoms with E-state index in [-0.39, 0.29) is 120 Å². The van der Waals surface area contributed by atoms with Gasteiger partial charge in [0, 0.05) is 100 Å². The Bertz CT molecular complexity index is 3520. The largest absolute Gasteiger partial charge is 1.00 e. The van der Waals surface area contributed by atoms with Gasteiger partial charge in [0.05, 0.1) is 52.5 Å². The van der Waals surface area contributed by atoms with Crippen molar-refractivity contribution in [3.8, 4) is 57.5 Å². The number of carboxylic acid groups (broad SMARTS) is 4. The summed E-state index contributed by atoms with van der Waals surface area (Å²) in [5.41, 5.74) is 1.74. The quantitative estimate of drug-likeness (QED) is 0.00561. The fourth-order valence-corrected chi connectivity index (χ4v) is 6.39. The summed E-state index contributed by atoms with van der Waals surface area (Å²) in [6.45, 7) is 21.7. The van der Waals surface area contributed by atoms with Crippen LogP contribution >= 0.6 is 0 Å². The first-order chi connectivity index (χ1) is 50.7. The second-order valence-corrected chi connectivity index (χ2v) is 19.7. The summed E-state index contributed by atoms with van der Waals surface area (Å²) < 4.78 is 81.2. The first-order valence-electron chi connectivity index (χ1n) is 31.3. The van der Waals surface area contributed by atoms with E-state index in [2.05, 4.69) is 35.7 Å². The number of carbonyl (C=O) groups excluding carboxylic acids is 7. The number of aliphatic carboxylic acids is 4. The molecule has 610 valence electrons. The minimum Gasteiger partial charge on any atom is -0.870 e. The van der Waals surface area contributed by atoms with Gasteiger partial charge in [-0.05, 0) is 125 Å². The Morgan fingerprint density at radius 1 is 0.509 bits per heavy atom. The summed E-state index contributed by atoms with van der Waals surface area (Å²) in [5, 5.41) is 85.8. The van der Waals surface area contributed by atoms with Crippen LogP contribution in [0.4, 0.5) is 0 Å². The van der Waals surface area contributed by atoms with Gasteiger partial charge in [0.2, 0.25) is 12.4 Å². The molecule has 5 aromatic rings. The number of phenols is 3. The number of benzene rings is 5. The summed E-state index contributed by atoms with van der Waals surface area (Å²) in [4.78, 5) is 114. The van der Waals surface area contributed by atoms with Gasteiger partial charge in [-0.1, -0.05) is 50.2 Å². The first kappa shape index (κ1) is 126. The zero-order valence-electron chi connectivity index (χ0n) is 64.3. The van der Waals surface area contributed by atoms with Crippen molar-refractivity contribution < 1.29 is 209 Å². The van der Waals surface area contributed by atoms with Crippen molar-refractivity contribution in [2.75, 3.05) is 53.4 Å². The van der Waals surface area contributed by atoms with Crippen LogP contribution in [0.25, 0.3) is 0 Å². The van der Waals surface area contributed by atoms with Crippen molar-refractivity contribution in [1.29, 1.82) is 0 Å². The predicted octanol–water partition coefficient (Wildman–Crippen LogP) is 0.752. The van der Waals surface area contributed by atoms with Crippen molar-refractivity contribution >= 4 is 123 Å². The number of para-hydroxylation sites is 2. The number of carboxylic acids is 4. The molecule has 2 unspecified atom stereocenters. The number of ether oxygens (including phenoxy) is 10. The van der Waals surface area contributed by atoms with Gasteiger partial charge in [-0.2, -0.15) is 8.42 Å². The van der Waals surface area contributed by atoms with Crippen molar-refractivity contribution in [3.05, 3.63) is 119 Å². The maximum absolute atomic E-state index is 11.4. The number of rotatable bonds is 25. The Morgan fingerprint density at radius 3 is 1.20 bits per heavy atom. The van der Waals surface area contributed by atoms with Crippen molar-refractivity contribution in [3.63, 3.8) is 0 Å². The summed E-state index contributed by atoms with van der Waals surface area (Å²) in [6, 6.07) is 24.5. The maximum Gasteiger partial charge on any atom is 1.00 e. The molecule has 0 aliphatic carbocycles. The number of aromatic hydroxyl groups is 3. The predicted molar refractivity (Wildman–Crippen MR) is 403 cm³/mol. The van der Waals surface area contributed by atoms with Crippen LogP contribution in [0.1, 0.15) is 130 Å². The van der Waals surface area contributed by atoms with E-state index in [4.69, 9.17) is 105 Å². The van der Waals surface area contributed by atoms with E-state index < -0.39 is 76.3 Å². The second-order valence-electron chi connectivity index (χ2n) is 18.8. The summed E-state index contributed by atoms with van der Waals surface area (Å²) in [6.07, 6.45) is -1.44. The van der Waals surface area contributed by atoms with Crippen LogP contribution in [0.5, 0.6) is 57.5 Å². The zero-order valence-corrected chi connectivity index (χ0v) is 67.1. The van der Waals surface area contributed by atoms with E-state index in [0.29, 0.717) is 74.8 Å². The van der Waals surface area contributed by atoms with Crippen molar-refractivity contribution in [2.24, 2.45) is 0 Å². The van der Waals surface area contributed by atoms with E-state index >= 15 is 0 Å². The number of phenolic OH excluding ortho intramolecular Hbond substituents is 3. The van der Waals surface area contributed by atoms with E-state index in [1.54, 1.807) is 63.2 Å². The smallest absolute Gasteiger partial charge is 0.870 e. The zero-order chi connectivity index (χ0) is 85.1. The molecular weight excluding hydrogens is 1520 g/mol. The van der Waals surface area contributed by atoms with Crippen LogP contribution in [0.15, 0.2) is 97.1 Å². The third kappa shape index (κ3) is 74.2. The number of aliphatic hydroxyl groups excluding tert-OH is 3. The van der Waals surface area contributed by atoms with Gasteiger partial charge >= 0.3 is 99.6 Å². The molecule has 112 heavy (non-hydrogen) atoms. The molecule has 0 aliphatic rings. The molecule has 0 bridgehead atoms. The minimum absolute atomic E-state index is 0. The maximum atomic E-state index is 11.4. The number of aldehydes is 1. The van der Waals surface area contributed by atoms with Gasteiger partial charge in [-0.3, -0.25) is 47.5 Å². The Hall–Kier alpha value is -9.87. The minimum atomic E-state index is -4.67. The molecule has 0 fully saturated rings. The third-order valence-electron chi connectivity index (χ3n) is 10.00. The number of hydrogen-bond acceptors (Lipinski definition) is 30. The summed E-state index contributed by atoms with van der Waals surface area (Å²) >= 11 is 0. The van der Waals surface area contributed by atoms with Crippen LogP contribution < -0.4 is 62.7 Å². The van der Waals surface area contributed by atoms with E-state index in [9.17, 15) is 58.5 Å². The molecule has 5 aromatic carbocycles. The molecular formula is C67H95B6NaO37S. The molecule has 45 heteroatoms. The molecule has 0 aromatic heterocycles. The topological polar surface area (TPSA) is 618 Å². The van der Waals surface area contributed by atoms with Crippen LogP contribution in [0, 0.1) is 0 Å². The molecule has 0 heterocycles. The molecule has 0 saturated carbocycles. The molecule has 12 radical (unpaired) electrons. The Labute approximate surface area is 679 Å². The third-order valence-corrected chi connectivity index (χ3v) is 10.00. The number of esters is 6. The summed E-state index contributed by atoms with van der Waals surface area (Å²) in [7, 11) is 14.3. The average Bonchev–Trinajstić information content (AvgIpc) is 0.833. The number of carbonyl (C=O) groups is 11. The Balaban J connectivity index is -0.000000116. The Kier molecular flexibility index (Phi) is 89.0. The molecule has 5 rings (SSSR count). The van der Waals surface area contributed by atoms with Crippen LogP contribution in [0.3, 0.4) is 0 Å². The molecule has 0 saturated heterocycles. The average molecular weight is 1610 g/mol. The van der Waals surface area contributed by atoms with Gasteiger partial charge in [0.25, 0.3) is 0 Å². The van der Waals surface area contributed by atoms with Gasteiger partial charge in [-0.15, -0.1) is 0 Å². The van der Waals surface area contributed by atoms with E-state index in [1.807, 2.05) is 33.8 Å². The number of aliphatic hydroxyl groups is 3. The van der Waals surface area contributed by atoms with E-state index in [1.165, 1.54) is 76.2 Å². The molecule has 37 nitrogen and oxygen atoms in total. The molecule has 0 aliphatic heterocycles. The SMILES string of the molecule is CC(=O)OC(C)=O.CCCO.CCCOC(=O)Cc1ccc(O)c(OCC)c1.CCOc1cc(C(O)C(=O)O)ccc1O.CCOc1cc(C(OC(C)=O)C(=O)O)ccc1OC(C)=O.CCOc1cc(CC(=O)O)ccc1OC(C)=O.CCOc1ccccc1O.CO.O.O=CC(=O)O.O=S(=O)(O)O.[B].[B][B].[B][B][B].[Na+].[OH-]. The van der Waals surface area contributed by atoms with Gasteiger partial charge < -0.3 is 109 Å².